The molecule has 11 heavy (non-hydrogen) atoms. The summed E-state index contributed by atoms with van der Waals surface area (Å²) in [5, 5.41) is 10.5. The van der Waals surface area contributed by atoms with Gasteiger partial charge in [0.05, 0.1) is 5.92 Å². The number of hydrogen-bond acceptors (Lipinski definition) is 1. The molecule has 0 rings (SSSR count). The normalized spacial score (nSPS) is 15.9. The van der Waals surface area contributed by atoms with Crippen LogP contribution < -0.4 is 0 Å². The average molecular weight is 157 g/mol. The first-order valence-corrected chi connectivity index (χ1v) is 4.34. The summed E-state index contributed by atoms with van der Waals surface area (Å²) in [4.78, 5) is 10.5. The maximum absolute atomic E-state index is 10.5. The molecule has 0 saturated heterocycles. The SMILES string of the molecule is CCCC(C)C(CC)C([O])=O. The van der Waals surface area contributed by atoms with Crippen LogP contribution in [0.5, 0.6) is 0 Å². The molecule has 1 radical (unpaired) electrons. The Morgan fingerprint density at radius 1 is 1.36 bits per heavy atom. The van der Waals surface area contributed by atoms with Crippen LogP contribution in [-0.4, -0.2) is 5.97 Å². The van der Waals surface area contributed by atoms with Crippen molar-refractivity contribution in [1.29, 1.82) is 0 Å². The van der Waals surface area contributed by atoms with Crippen molar-refractivity contribution in [3.63, 3.8) is 0 Å². The molecule has 0 bridgehead atoms. The zero-order chi connectivity index (χ0) is 8.85. The molecule has 2 nitrogen and oxygen atoms in total. The second-order valence-corrected chi connectivity index (χ2v) is 3.10. The second-order valence-electron chi connectivity index (χ2n) is 3.10. The highest BCUT2D eigenvalue weighted by Gasteiger charge is 2.23. The molecule has 0 fully saturated rings. The van der Waals surface area contributed by atoms with Crippen LogP contribution in [0.2, 0.25) is 0 Å². The number of rotatable bonds is 5. The Morgan fingerprint density at radius 2 is 1.91 bits per heavy atom. The topological polar surface area (TPSA) is 37.0 Å². The third-order valence-electron chi connectivity index (χ3n) is 2.17. The monoisotopic (exact) mass is 157 g/mol. The lowest BCUT2D eigenvalue weighted by Gasteiger charge is -2.15. The summed E-state index contributed by atoms with van der Waals surface area (Å²) in [6.07, 6.45) is 2.71. The van der Waals surface area contributed by atoms with E-state index in [0.29, 0.717) is 6.42 Å². The minimum absolute atomic E-state index is 0.255. The summed E-state index contributed by atoms with van der Waals surface area (Å²) in [6, 6.07) is 0. The Hall–Kier alpha value is -0.530. The largest absolute Gasteiger partial charge is 0.358 e. The molecule has 0 amide bonds. The van der Waals surface area contributed by atoms with E-state index >= 15 is 0 Å². The third-order valence-corrected chi connectivity index (χ3v) is 2.17. The highest BCUT2D eigenvalue weighted by atomic mass is 16.4. The molecular formula is C9H17O2. The molecular weight excluding hydrogens is 140 g/mol. The lowest BCUT2D eigenvalue weighted by Crippen LogP contribution is -2.19. The van der Waals surface area contributed by atoms with Crippen molar-refractivity contribution in [2.75, 3.05) is 0 Å². The van der Waals surface area contributed by atoms with E-state index < -0.39 is 5.97 Å². The molecule has 2 atom stereocenters. The van der Waals surface area contributed by atoms with Gasteiger partial charge in [0.1, 0.15) is 0 Å². The van der Waals surface area contributed by atoms with Crippen LogP contribution in [0, 0.1) is 11.8 Å². The summed E-state index contributed by atoms with van der Waals surface area (Å²) < 4.78 is 0. The zero-order valence-corrected chi connectivity index (χ0v) is 7.59. The molecule has 0 heterocycles. The van der Waals surface area contributed by atoms with Gasteiger partial charge in [0.15, 0.2) is 0 Å². The van der Waals surface area contributed by atoms with Gasteiger partial charge in [-0.2, -0.15) is 0 Å². The van der Waals surface area contributed by atoms with E-state index in [1.165, 1.54) is 0 Å². The molecule has 0 aliphatic carbocycles. The molecule has 2 heteroatoms. The Bertz CT molecular complexity index is 121. The number of hydrogen-bond donors (Lipinski definition) is 0. The van der Waals surface area contributed by atoms with Gasteiger partial charge in [-0.3, -0.25) is 0 Å². The van der Waals surface area contributed by atoms with Crippen LogP contribution in [0.4, 0.5) is 0 Å². The van der Waals surface area contributed by atoms with Gasteiger partial charge in [-0.1, -0.05) is 33.6 Å². The predicted octanol–water partition coefficient (Wildman–Crippen LogP) is 2.41. The van der Waals surface area contributed by atoms with Crippen molar-refractivity contribution >= 4 is 5.97 Å². The molecule has 2 unspecified atom stereocenters. The first kappa shape index (κ1) is 10.5. The van der Waals surface area contributed by atoms with Crippen LogP contribution in [0.15, 0.2) is 0 Å². The molecule has 0 aliphatic rings. The zero-order valence-electron chi connectivity index (χ0n) is 7.59. The van der Waals surface area contributed by atoms with E-state index in [9.17, 15) is 9.90 Å². The first-order valence-electron chi connectivity index (χ1n) is 4.34. The van der Waals surface area contributed by atoms with E-state index in [1.807, 2.05) is 13.8 Å². The van der Waals surface area contributed by atoms with E-state index in [-0.39, 0.29) is 11.8 Å². The van der Waals surface area contributed by atoms with Crippen LogP contribution in [0.1, 0.15) is 40.0 Å². The van der Waals surface area contributed by atoms with Crippen LogP contribution in [0.25, 0.3) is 0 Å². The third kappa shape index (κ3) is 3.40. The fourth-order valence-electron chi connectivity index (χ4n) is 1.46. The van der Waals surface area contributed by atoms with E-state index in [2.05, 4.69) is 6.92 Å². The quantitative estimate of drug-likeness (QED) is 0.603. The van der Waals surface area contributed by atoms with Gasteiger partial charge in [-0.25, -0.2) is 9.90 Å². The molecule has 0 N–H and O–H groups in total. The van der Waals surface area contributed by atoms with Crippen molar-refractivity contribution < 1.29 is 9.90 Å². The van der Waals surface area contributed by atoms with Crippen molar-refractivity contribution in [3.05, 3.63) is 0 Å². The van der Waals surface area contributed by atoms with Gasteiger partial charge in [0.25, 0.3) is 0 Å². The van der Waals surface area contributed by atoms with E-state index in [1.54, 1.807) is 0 Å². The van der Waals surface area contributed by atoms with Gasteiger partial charge in [-0.15, -0.1) is 0 Å². The van der Waals surface area contributed by atoms with E-state index in [0.717, 1.165) is 12.8 Å². The van der Waals surface area contributed by atoms with Gasteiger partial charge < -0.3 is 0 Å². The van der Waals surface area contributed by atoms with Crippen molar-refractivity contribution in [3.8, 4) is 0 Å². The summed E-state index contributed by atoms with van der Waals surface area (Å²) in [5.41, 5.74) is 0. The van der Waals surface area contributed by atoms with Crippen LogP contribution in [-0.2, 0) is 9.90 Å². The molecule has 0 aromatic rings. The van der Waals surface area contributed by atoms with Crippen LogP contribution >= 0.6 is 0 Å². The fourth-order valence-corrected chi connectivity index (χ4v) is 1.46. The van der Waals surface area contributed by atoms with Gasteiger partial charge in [-0.05, 0) is 12.3 Å². The Kier molecular flexibility index (Phi) is 4.92. The Morgan fingerprint density at radius 3 is 2.18 bits per heavy atom. The first-order chi connectivity index (χ1) is 5.13. The van der Waals surface area contributed by atoms with Crippen molar-refractivity contribution in [2.24, 2.45) is 11.8 Å². The van der Waals surface area contributed by atoms with Crippen molar-refractivity contribution in [2.45, 2.75) is 40.0 Å². The Balaban J connectivity index is 3.91. The summed E-state index contributed by atoms with van der Waals surface area (Å²) in [6.45, 7) is 5.94. The Labute approximate surface area is 68.6 Å². The van der Waals surface area contributed by atoms with Crippen molar-refractivity contribution in [1.82, 2.24) is 0 Å². The van der Waals surface area contributed by atoms with Gasteiger partial charge in [0.2, 0.25) is 0 Å². The lowest BCUT2D eigenvalue weighted by atomic mass is 9.88. The molecule has 65 valence electrons. The summed E-state index contributed by atoms with van der Waals surface area (Å²) >= 11 is 0. The summed E-state index contributed by atoms with van der Waals surface area (Å²) in [7, 11) is 0. The molecule has 0 aromatic heterocycles. The fraction of sp³-hybridized carbons (Fsp3) is 0.889. The highest BCUT2D eigenvalue weighted by molar-refractivity contribution is 5.69. The molecule has 0 spiro atoms. The summed E-state index contributed by atoms with van der Waals surface area (Å²) in [5.74, 6) is -0.890. The minimum Gasteiger partial charge on any atom is -0.247 e. The lowest BCUT2D eigenvalue weighted by molar-refractivity contribution is -0.150. The second kappa shape index (κ2) is 5.16. The molecule has 0 saturated carbocycles. The number of carbonyl (C=O) groups is 1. The molecule has 0 aromatic carbocycles. The smallest absolute Gasteiger partial charge is 0.247 e. The maximum Gasteiger partial charge on any atom is 0.358 e. The van der Waals surface area contributed by atoms with E-state index in [4.69, 9.17) is 0 Å². The standard InChI is InChI=1S/C9H17O2/c1-4-6-7(3)8(5-2)9(10)11/h7-8H,4-6H2,1-3H3. The highest BCUT2D eigenvalue weighted by Crippen LogP contribution is 2.20. The van der Waals surface area contributed by atoms with Gasteiger partial charge >= 0.3 is 5.97 Å². The van der Waals surface area contributed by atoms with Crippen LogP contribution in [0.3, 0.4) is 0 Å². The predicted molar refractivity (Wildman–Crippen MR) is 43.5 cm³/mol. The minimum atomic E-state index is -0.895. The number of carbonyl (C=O) groups excluding carboxylic acids is 1. The maximum atomic E-state index is 10.5. The average Bonchev–Trinajstić information content (AvgIpc) is 1.88. The molecule has 0 aliphatic heterocycles. The van der Waals surface area contributed by atoms with Gasteiger partial charge in [0, 0.05) is 0 Å².